The standard InChI is InChI=1S/C22H27N3O3/c1-4-15(2)16-9-5-6-10-17(16)24-21(26)14-25-13-20(22(27)23-3)28-19-12-8-7-11-18(19)25/h5-12,15,20H,4,13-14H2,1-3H3,(H,23,27)(H,24,26)/t15-,20-/m1/s1. The molecule has 0 aromatic heterocycles. The molecule has 2 aromatic carbocycles. The first kappa shape index (κ1) is 19.7. The van der Waals surface area contributed by atoms with Crippen molar-refractivity contribution in [3.8, 4) is 5.75 Å². The van der Waals surface area contributed by atoms with Crippen LogP contribution in [0.15, 0.2) is 48.5 Å². The Morgan fingerprint density at radius 3 is 2.64 bits per heavy atom. The van der Waals surface area contributed by atoms with Crippen LogP contribution in [0.5, 0.6) is 5.75 Å². The molecule has 1 aliphatic rings. The number of hydrogen-bond donors (Lipinski definition) is 2. The number of ether oxygens (including phenoxy) is 1. The van der Waals surface area contributed by atoms with Gasteiger partial charge < -0.3 is 20.3 Å². The Morgan fingerprint density at radius 2 is 1.89 bits per heavy atom. The molecular weight excluding hydrogens is 354 g/mol. The maximum Gasteiger partial charge on any atom is 0.262 e. The topological polar surface area (TPSA) is 70.7 Å². The van der Waals surface area contributed by atoms with E-state index in [4.69, 9.17) is 4.74 Å². The largest absolute Gasteiger partial charge is 0.477 e. The van der Waals surface area contributed by atoms with Crippen LogP contribution in [0.3, 0.4) is 0 Å². The molecule has 0 saturated heterocycles. The average molecular weight is 381 g/mol. The zero-order valence-corrected chi connectivity index (χ0v) is 16.6. The molecule has 6 nitrogen and oxygen atoms in total. The minimum Gasteiger partial charge on any atom is -0.477 e. The molecule has 0 radical (unpaired) electrons. The Kier molecular flexibility index (Phi) is 6.19. The second-order valence-electron chi connectivity index (χ2n) is 7.01. The first-order chi connectivity index (χ1) is 13.5. The average Bonchev–Trinajstić information content (AvgIpc) is 2.72. The number of carbonyl (C=O) groups excluding carboxylic acids is 2. The van der Waals surface area contributed by atoms with Crippen molar-refractivity contribution in [3.05, 3.63) is 54.1 Å². The normalized spacial score (nSPS) is 16.5. The summed E-state index contributed by atoms with van der Waals surface area (Å²) in [5.74, 6) is 0.638. The molecule has 0 saturated carbocycles. The van der Waals surface area contributed by atoms with Crippen LogP contribution in [-0.2, 0) is 9.59 Å². The van der Waals surface area contributed by atoms with Gasteiger partial charge in [0.05, 0.1) is 18.8 Å². The van der Waals surface area contributed by atoms with E-state index in [2.05, 4.69) is 30.5 Å². The van der Waals surface area contributed by atoms with Gasteiger partial charge in [0.2, 0.25) is 5.91 Å². The highest BCUT2D eigenvalue weighted by Gasteiger charge is 2.31. The Balaban J connectivity index is 1.77. The number of amides is 2. The van der Waals surface area contributed by atoms with E-state index in [1.807, 2.05) is 47.4 Å². The van der Waals surface area contributed by atoms with Crippen molar-refractivity contribution >= 4 is 23.2 Å². The molecule has 2 aromatic rings. The van der Waals surface area contributed by atoms with Crippen molar-refractivity contribution in [2.24, 2.45) is 0 Å². The summed E-state index contributed by atoms with van der Waals surface area (Å²) < 4.78 is 5.79. The van der Waals surface area contributed by atoms with Gasteiger partial charge in [0, 0.05) is 12.7 Å². The van der Waals surface area contributed by atoms with Crippen LogP contribution in [0, 0.1) is 0 Å². The summed E-state index contributed by atoms with van der Waals surface area (Å²) >= 11 is 0. The maximum atomic E-state index is 12.8. The Hall–Kier alpha value is -3.02. The van der Waals surface area contributed by atoms with E-state index in [-0.39, 0.29) is 18.4 Å². The van der Waals surface area contributed by atoms with Crippen LogP contribution in [-0.4, -0.2) is 38.1 Å². The van der Waals surface area contributed by atoms with Crippen LogP contribution < -0.4 is 20.3 Å². The second-order valence-corrected chi connectivity index (χ2v) is 7.01. The van der Waals surface area contributed by atoms with E-state index in [9.17, 15) is 9.59 Å². The number of likely N-dealkylation sites (N-methyl/N-ethyl adjacent to an activating group) is 1. The summed E-state index contributed by atoms with van der Waals surface area (Å²) in [6, 6.07) is 15.4. The molecule has 0 fully saturated rings. The zero-order valence-electron chi connectivity index (χ0n) is 16.6. The number of rotatable bonds is 6. The van der Waals surface area contributed by atoms with Gasteiger partial charge in [-0.3, -0.25) is 9.59 Å². The highest BCUT2D eigenvalue weighted by Crippen LogP contribution is 2.33. The lowest BCUT2D eigenvalue weighted by molar-refractivity contribution is -0.127. The summed E-state index contributed by atoms with van der Waals surface area (Å²) in [5, 5.41) is 5.65. The second kappa shape index (κ2) is 8.78. The van der Waals surface area contributed by atoms with Crippen LogP contribution in [0.4, 0.5) is 11.4 Å². The molecule has 1 aliphatic heterocycles. The van der Waals surface area contributed by atoms with Crippen LogP contribution >= 0.6 is 0 Å². The third-order valence-corrected chi connectivity index (χ3v) is 5.11. The molecule has 0 unspecified atom stereocenters. The highest BCUT2D eigenvalue weighted by molar-refractivity contribution is 5.95. The van der Waals surface area contributed by atoms with Crippen molar-refractivity contribution in [2.75, 3.05) is 30.4 Å². The van der Waals surface area contributed by atoms with Gasteiger partial charge in [-0.05, 0) is 36.1 Å². The lowest BCUT2D eigenvalue weighted by Crippen LogP contribution is -2.50. The smallest absolute Gasteiger partial charge is 0.262 e. The number of anilines is 2. The lowest BCUT2D eigenvalue weighted by Gasteiger charge is -2.35. The van der Waals surface area contributed by atoms with Crippen LogP contribution in [0.1, 0.15) is 31.7 Å². The number of nitrogens with one attached hydrogen (secondary N) is 2. The van der Waals surface area contributed by atoms with Gasteiger partial charge >= 0.3 is 0 Å². The summed E-state index contributed by atoms with van der Waals surface area (Å²) in [7, 11) is 1.58. The van der Waals surface area contributed by atoms with Crippen molar-refractivity contribution < 1.29 is 14.3 Å². The third-order valence-electron chi connectivity index (χ3n) is 5.11. The zero-order chi connectivity index (χ0) is 20.1. The molecule has 0 spiro atoms. The molecule has 2 amide bonds. The Labute approximate surface area is 165 Å². The van der Waals surface area contributed by atoms with Gasteiger partial charge in [-0.15, -0.1) is 0 Å². The molecule has 6 heteroatoms. The fraction of sp³-hybridized carbons (Fsp3) is 0.364. The first-order valence-electron chi connectivity index (χ1n) is 9.64. The summed E-state index contributed by atoms with van der Waals surface area (Å²) in [4.78, 5) is 26.8. The Bertz CT molecular complexity index is 852. The van der Waals surface area contributed by atoms with Crippen molar-refractivity contribution in [2.45, 2.75) is 32.3 Å². The van der Waals surface area contributed by atoms with E-state index in [1.165, 1.54) is 0 Å². The number of para-hydroxylation sites is 3. The summed E-state index contributed by atoms with van der Waals surface area (Å²) in [6.45, 7) is 4.74. The number of carbonyl (C=O) groups is 2. The van der Waals surface area contributed by atoms with Gasteiger partial charge in [0.15, 0.2) is 6.10 Å². The molecular formula is C22H27N3O3. The Morgan fingerprint density at radius 1 is 1.18 bits per heavy atom. The number of fused-ring (bicyclic) bond motifs is 1. The summed E-state index contributed by atoms with van der Waals surface area (Å²) in [5.41, 5.74) is 2.78. The molecule has 1 heterocycles. The molecule has 2 N–H and O–H groups in total. The fourth-order valence-corrected chi connectivity index (χ4v) is 3.38. The highest BCUT2D eigenvalue weighted by atomic mass is 16.5. The SMILES string of the molecule is CC[C@@H](C)c1ccccc1NC(=O)CN1C[C@H](C(=O)NC)Oc2ccccc21. The fourth-order valence-electron chi connectivity index (χ4n) is 3.38. The van der Waals surface area contributed by atoms with E-state index in [0.717, 1.165) is 23.4 Å². The quantitative estimate of drug-likeness (QED) is 0.806. The van der Waals surface area contributed by atoms with Crippen molar-refractivity contribution in [1.82, 2.24) is 5.32 Å². The predicted molar refractivity (Wildman–Crippen MR) is 111 cm³/mol. The van der Waals surface area contributed by atoms with E-state index in [1.54, 1.807) is 7.05 Å². The van der Waals surface area contributed by atoms with Gasteiger partial charge in [0.25, 0.3) is 5.91 Å². The van der Waals surface area contributed by atoms with Crippen molar-refractivity contribution in [3.63, 3.8) is 0 Å². The third kappa shape index (κ3) is 4.27. The molecule has 28 heavy (non-hydrogen) atoms. The molecule has 2 atom stereocenters. The summed E-state index contributed by atoms with van der Waals surface area (Å²) in [6.07, 6.45) is 0.345. The number of nitrogens with zero attached hydrogens (tertiary/aromatic N) is 1. The molecule has 0 aliphatic carbocycles. The minimum atomic E-state index is -0.653. The van der Waals surface area contributed by atoms with E-state index < -0.39 is 6.10 Å². The number of benzene rings is 2. The van der Waals surface area contributed by atoms with E-state index in [0.29, 0.717) is 18.2 Å². The van der Waals surface area contributed by atoms with Gasteiger partial charge in [-0.25, -0.2) is 0 Å². The predicted octanol–water partition coefficient (Wildman–Crippen LogP) is 3.15. The molecule has 0 bridgehead atoms. The maximum absolute atomic E-state index is 12.8. The van der Waals surface area contributed by atoms with E-state index >= 15 is 0 Å². The number of hydrogen-bond acceptors (Lipinski definition) is 4. The van der Waals surface area contributed by atoms with Crippen LogP contribution in [0.25, 0.3) is 0 Å². The van der Waals surface area contributed by atoms with Gasteiger partial charge in [-0.1, -0.05) is 44.2 Å². The first-order valence-corrected chi connectivity index (χ1v) is 9.64. The van der Waals surface area contributed by atoms with Crippen molar-refractivity contribution in [1.29, 1.82) is 0 Å². The lowest BCUT2D eigenvalue weighted by atomic mass is 9.97. The van der Waals surface area contributed by atoms with Crippen LogP contribution in [0.2, 0.25) is 0 Å². The molecule has 148 valence electrons. The van der Waals surface area contributed by atoms with Gasteiger partial charge in [0.1, 0.15) is 5.75 Å². The minimum absolute atomic E-state index is 0.122. The van der Waals surface area contributed by atoms with Gasteiger partial charge in [-0.2, -0.15) is 0 Å². The molecule has 3 rings (SSSR count). The monoisotopic (exact) mass is 381 g/mol.